The standard InChI is InChI=1S/C24H22N4O3/c1-16-14-18(12-13-21(16)28(30)31)24(29)26-20(17-8-4-3-5-9-17)15-23-25-19-10-6-7-11-22(19)27(23)2/h3-14,20H,15H2,1-2H3,(H,26,29)/t20-/m0/s1. The SMILES string of the molecule is Cc1cc(C(=O)N[C@@H](Cc2nc3ccccc3n2C)c2ccccc2)ccc1[N+](=O)[O-]. The van der Waals surface area contributed by atoms with E-state index in [1.54, 1.807) is 13.0 Å². The van der Waals surface area contributed by atoms with Crippen molar-refractivity contribution in [3.63, 3.8) is 0 Å². The van der Waals surface area contributed by atoms with Gasteiger partial charge in [0.1, 0.15) is 5.82 Å². The van der Waals surface area contributed by atoms with Crippen molar-refractivity contribution in [1.82, 2.24) is 14.9 Å². The van der Waals surface area contributed by atoms with E-state index in [0.29, 0.717) is 17.5 Å². The molecule has 0 radical (unpaired) electrons. The van der Waals surface area contributed by atoms with Crippen molar-refractivity contribution < 1.29 is 9.72 Å². The quantitative estimate of drug-likeness (QED) is 0.371. The highest BCUT2D eigenvalue weighted by Gasteiger charge is 2.21. The molecule has 0 unspecified atom stereocenters. The van der Waals surface area contributed by atoms with Crippen molar-refractivity contribution >= 4 is 22.6 Å². The number of hydrogen-bond acceptors (Lipinski definition) is 4. The number of amides is 1. The number of imidazole rings is 1. The Morgan fingerprint density at radius 1 is 1.10 bits per heavy atom. The average molecular weight is 414 g/mol. The molecule has 1 heterocycles. The summed E-state index contributed by atoms with van der Waals surface area (Å²) in [6.45, 7) is 1.63. The van der Waals surface area contributed by atoms with Crippen LogP contribution in [0.1, 0.15) is 33.4 Å². The van der Waals surface area contributed by atoms with Crippen molar-refractivity contribution in [2.24, 2.45) is 7.05 Å². The zero-order valence-electron chi connectivity index (χ0n) is 17.3. The van der Waals surface area contributed by atoms with Crippen LogP contribution in [0, 0.1) is 17.0 Å². The summed E-state index contributed by atoms with van der Waals surface area (Å²) in [5.41, 5.74) is 3.72. The predicted molar refractivity (Wildman–Crippen MR) is 119 cm³/mol. The van der Waals surface area contributed by atoms with E-state index in [0.717, 1.165) is 22.4 Å². The van der Waals surface area contributed by atoms with E-state index < -0.39 is 4.92 Å². The second kappa shape index (κ2) is 8.39. The van der Waals surface area contributed by atoms with Gasteiger partial charge in [-0.25, -0.2) is 4.98 Å². The molecule has 4 aromatic rings. The van der Waals surface area contributed by atoms with E-state index in [2.05, 4.69) is 5.32 Å². The lowest BCUT2D eigenvalue weighted by molar-refractivity contribution is -0.385. The number of carbonyl (C=O) groups excluding carboxylic acids is 1. The molecule has 31 heavy (non-hydrogen) atoms. The van der Waals surface area contributed by atoms with Crippen LogP contribution in [0.2, 0.25) is 0 Å². The van der Waals surface area contributed by atoms with Crippen LogP contribution in [-0.2, 0) is 13.5 Å². The molecule has 1 aromatic heterocycles. The monoisotopic (exact) mass is 414 g/mol. The smallest absolute Gasteiger partial charge is 0.272 e. The fraction of sp³-hybridized carbons (Fsp3) is 0.167. The number of nitro groups is 1. The zero-order chi connectivity index (χ0) is 22.0. The van der Waals surface area contributed by atoms with Gasteiger partial charge in [0.25, 0.3) is 11.6 Å². The summed E-state index contributed by atoms with van der Waals surface area (Å²) in [5, 5.41) is 14.2. The van der Waals surface area contributed by atoms with E-state index in [1.807, 2.05) is 66.2 Å². The van der Waals surface area contributed by atoms with Gasteiger partial charge in [0.05, 0.1) is 22.0 Å². The summed E-state index contributed by atoms with van der Waals surface area (Å²) in [6.07, 6.45) is 0.507. The van der Waals surface area contributed by atoms with Crippen LogP contribution in [0.25, 0.3) is 11.0 Å². The van der Waals surface area contributed by atoms with Crippen molar-refractivity contribution in [2.45, 2.75) is 19.4 Å². The molecule has 0 fully saturated rings. The third-order valence-corrected chi connectivity index (χ3v) is 5.43. The van der Waals surface area contributed by atoms with Crippen LogP contribution >= 0.6 is 0 Å². The van der Waals surface area contributed by atoms with Crippen molar-refractivity contribution in [3.8, 4) is 0 Å². The summed E-state index contributed by atoms with van der Waals surface area (Å²) in [4.78, 5) is 28.4. The molecule has 0 bridgehead atoms. The third kappa shape index (κ3) is 4.16. The summed E-state index contributed by atoms with van der Waals surface area (Å²) < 4.78 is 2.04. The molecule has 0 aliphatic rings. The highest BCUT2D eigenvalue weighted by Crippen LogP contribution is 2.23. The maximum Gasteiger partial charge on any atom is 0.272 e. The summed E-state index contributed by atoms with van der Waals surface area (Å²) in [7, 11) is 1.97. The van der Waals surface area contributed by atoms with Gasteiger partial charge in [-0.15, -0.1) is 0 Å². The minimum absolute atomic E-state index is 0.00383. The fourth-order valence-electron chi connectivity index (χ4n) is 3.74. The van der Waals surface area contributed by atoms with Crippen LogP contribution < -0.4 is 5.32 Å². The van der Waals surface area contributed by atoms with E-state index in [9.17, 15) is 14.9 Å². The maximum absolute atomic E-state index is 13.0. The van der Waals surface area contributed by atoms with Gasteiger partial charge < -0.3 is 9.88 Å². The average Bonchev–Trinajstić information content (AvgIpc) is 3.09. The number of fused-ring (bicyclic) bond motifs is 1. The maximum atomic E-state index is 13.0. The first-order valence-electron chi connectivity index (χ1n) is 9.95. The summed E-state index contributed by atoms with van der Waals surface area (Å²) in [6, 6.07) is 21.7. The molecule has 0 saturated heterocycles. The summed E-state index contributed by atoms with van der Waals surface area (Å²) in [5.74, 6) is 0.570. The molecule has 3 aromatic carbocycles. The van der Waals surface area contributed by atoms with Gasteiger partial charge >= 0.3 is 0 Å². The van der Waals surface area contributed by atoms with Gasteiger partial charge in [0, 0.05) is 30.7 Å². The molecule has 0 spiro atoms. The lowest BCUT2D eigenvalue weighted by atomic mass is 10.0. The molecule has 7 nitrogen and oxygen atoms in total. The number of benzene rings is 3. The van der Waals surface area contributed by atoms with Crippen LogP contribution in [0.4, 0.5) is 5.69 Å². The van der Waals surface area contributed by atoms with E-state index >= 15 is 0 Å². The highest BCUT2D eigenvalue weighted by molar-refractivity contribution is 5.95. The normalized spacial score (nSPS) is 11.9. The number of nitro benzene ring substituents is 1. The number of para-hydroxylation sites is 2. The van der Waals surface area contributed by atoms with Crippen LogP contribution in [-0.4, -0.2) is 20.4 Å². The molecular weight excluding hydrogens is 392 g/mol. The van der Waals surface area contributed by atoms with Gasteiger partial charge in [0.2, 0.25) is 0 Å². The topological polar surface area (TPSA) is 90.1 Å². The number of nitrogens with zero attached hydrogens (tertiary/aromatic N) is 3. The Balaban J connectivity index is 1.64. The molecule has 1 N–H and O–H groups in total. The number of aryl methyl sites for hydroxylation is 2. The Morgan fingerprint density at radius 2 is 1.81 bits per heavy atom. The predicted octanol–water partition coefficient (Wildman–Crippen LogP) is 4.50. The first-order valence-corrected chi connectivity index (χ1v) is 9.95. The molecule has 156 valence electrons. The molecule has 1 amide bonds. The van der Waals surface area contributed by atoms with Crippen molar-refractivity contribution in [3.05, 3.63) is 105 Å². The Kier molecular flexibility index (Phi) is 5.49. The molecule has 0 aliphatic heterocycles. The number of carbonyl (C=O) groups is 1. The molecule has 0 aliphatic carbocycles. The minimum atomic E-state index is -0.449. The Hall–Kier alpha value is -4.00. The third-order valence-electron chi connectivity index (χ3n) is 5.43. The zero-order valence-corrected chi connectivity index (χ0v) is 17.3. The molecular formula is C24H22N4O3. The van der Waals surface area contributed by atoms with Crippen LogP contribution in [0.5, 0.6) is 0 Å². The molecule has 7 heteroatoms. The van der Waals surface area contributed by atoms with Crippen LogP contribution in [0.15, 0.2) is 72.8 Å². The second-order valence-electron chi connectivity index (χ2n) is 7.47. The summed E-state index contributed by atoms with van der Waals surface area (Å²) >= 11 is 0. The van der Waals surface area contributed by atoms with E-state index in [4.69, 9.17) is 4.98 Å². The van der Waals surface area contributed by atoms with E-state index in [-0.39, 0.29) is 17.6 Å². The Labute approximate surface area is 179 Å². The molecule has 4 rings (SSSR count). The van der Waals surface area contributed by atoms with Gasteiger partial charge in [-0.2, -0.15) is 0 Å². The minimum Gasteiger partial charge on any atom is -0.345 e. The Morgan fingerprint density at radius 3 is 2.48 bits per heavy atom. The molecule has 0 saturated carbocycles. The first-order chi connectivity index (χ1) is 14.9. The number of nitrogens with one attached hydrogen (secondary N) is 1. The van der Waals surface area contributed by atoms with Crippen LogP contribution in [0.3, 0.4) is 0 Å². The lowest BCUT2D eigenvalue weighted by Crippen LogP contribution is -2.30. The lowest BCUT2D eigenvalue weighted by Gasteiger charge is -2.19. The Bertz CT molecular complexity index is 1260. The number of hydrogen-bond donors (Lipinski definition) is 1. The largest absolute Gasteiger partial charge is 0.345 e. The van der Waals surface area contributed by atoms with E-state index in [1.165, 1.54) is 12.1 Å². The van der Waals surface area contributed by atoms with Gasteiger partial charge in [-0.05, 0) is 36.8 Å². The van der Waals surface area contributed by atoms with Crippen molar-refractivity contribution in [2.75, 3.05) is 0 Å². The van der Waals surface area contributed by atoms with Crippen molar-refractivity contribution in [1.29, 1.82) is 0 Å². The highest BCUT2D eigenvalue weighted by atomic mass is 16.6. The van der Waals surface area contributed by atoms with Gasteiger partial charge in [-0.3, -0.25) is 14.9 Å². The second-order valence-corrected chi connectivity index (χ2v) is 7.47. The number of rotatable bonds is 6. The van der Waals surface area contributed by atoms with Gasteiger partial charge in [-0.1, -0.05) is 42.5 Å². The van der Waals surface area contributed by atoms with Gasteiger partial charge in [0.15, 0.2) is 0 Å². The number of aromatic nitrogens is 2. The fourth-order valence-corrected chi connectivity index (χ4v) is 3.74. The molecule has 1 atom stereocenters. The first kappa shape index (κ1) is 20.3.